The number of phenolic OH excluding ortho intramolecular Hbond substituents is 1. The van der Waals surface area contributed by atoms with Gasteiger partial charge in [-0.15, -0.1) is 0 Å². The molecule has 0 aromatic heterocycles. The quantitative estimate of drug-likeness (QED) is 0.888. The Labute approximate surface area is 163 Å². The Hall–Kier alpha value is -2.89. The molecule has 2 amide bonds. The van der Waals surface area contributed by atoms with E-state index in [1.54, 1.807) is 34.1 Å². The molecule has 1 N–H and O–H groups in total. The predicted molar refractivity (Wildman–Crippen MR) is 102 cm³/mol. The number of carbonyl (C=O) groups excluding carboxylic acids is 2. The molecule has 0 saturated carbocycles. The molecule has 5 nitrogen and oxygen atoms in total. The minimum Gasteiger partial charge on any atom is -0.508 e. The van der Waals surface area contributed by atoms with Crippen molar-refractivity contribution in [2.75, 3.05) is 19.6 Å². The fraction of sp³-hybridized carbons (Fsp3) is 0.364. The van der Waals surface area contributed by atoms with Crippen LogP contribution in [0.25, 0.3) is 0 Å². The highest BCUT2D eigenvalue weighted by molar-refractivity contribution is 5.90. The molecule has 0 radical (unpaired) electrons. The van der Waals surface area contributed by atoms with Gasteiger partial charge in [-0.25, -0.2) is 4.39 Å². The molecule has 146 valence electrons. The molecule has 2 aromatic carbocycles. The second kappa shape index (κ2) is 7.62. The number of halogens is 1. The Bertz CT molecular complexity index is 914. The summed E-state index contributed by atoms with van der Waals surface area (Å²) in [5.41, 5.74) is 2.47. The zero-order valence-electron chi connectivity index (χ0n) is 15.6. The van der Waals surface area contributed by atoms with Crippen LogP contribution in [0.5, 0.6) is 5.75 Å². The molecular weight excluding hydrogens is 359 g/mol. The van der Waals surface area contributed by atoms with Gasteiger partial charge in [0.1, 0.15) is 11.6 Å². The van der Waals surface area contributed by atoms with Crippen molar-refractivity contribution >= 4 is 11.8 Å². The van der Waals surface area contributed by atoms with E-state index in [0.717, 1.165) is 36.0 Å². The van der Waals surface area contributed by atoms with E-state index >= 15 is 0 Å². The normalized spacial score (nSPS) is 19.5. The highest BCUT2D eigenvalue weighted by Gasteiger charge is 2.34. The Morgan fingerprint density at radius 2 is 2.00 bits per heavy atom. The zero-order valence-corrected chi connectivity index (χ0v) is 15.6. The predicted octanol–water partition coefficient (Wildman–Crippen LogP) is 2.82. The minimum absolute atomic E-state index is 0.0405. The maximum atomic E-state index is 13.4. The van der Waals surface area contributed by atoms with Crippen LogP contribution in [0.1, 0.15) is 35.4 Å². The minimum atomic E-state index is -0.321. The standard InChI is InChI=1S/C22H23FN2O3/c23-16-5-1-4-15(12-16)13-24-10-11-25(14-21(24)27)22(28)19-8-2-7-18-17(19)6-3-9-20(18)26/h1,3-6,9,12,19,26H,2,7-8,10-11,13-14H2. The second-order valence-corrected chi connectivity index (χ2v) is 7.49. The molecule has 1 heterocycles. The van der Waals surface area contributed by atoms with Gasteiger partial charge in [0.05, 0.1) is 12.5 Å². The largest absolute Gasteiger partial charge is 0.508 e. The number of benzene rings is 2. The molecule has 1 aliphatic carbocycles. The fourth-order valence-corrected chi connectivity index (χ4v) is 4.23. The van der Waals surface area contributed by atoms with Crippen molar-refractivity contribution in [3.63, 3.8) is 0 Å². The summed E-state index contributed by atoms with van der Waals surface area (Å²) < 4.78 is 13.4. The van der Waals surface area contributed by atoms with Crippen molar-refractivity contribution in [3.8, 4) is 5.75 Å². The molecule has 1 atom stereocenters. The van der Waals surface area contributed by atoms with Gasteiger partial charge >= 0.3 is 0 Å². The number of nitrogens with zero attached hydrogens (tertiary/aromatic N) is 2. The van der Waals surface area contributed by atoms with Crippen molar-refractivity contribution in [3.05, 3.63) is 65.0 Å². The van der Waals surface area contributed by atoms with Crippen LogP contribution in [-0.2, 0) is 22.6 Å². The smallest absolute Gasteiger partial charge is 0.242 e. The average molecular weight is 382 g/mol. The maximum Gasteiger partial charge on any atom is 0.242 e. The van der Waals surface area contributed by atoms with Gasteiger partial charge in [-0.05, 0) is 54.2 Å². The summed E-state index contributed by atoms with van der Waals surface area (Å²) in [6, 6.07) is 11.5. The Balaban J connectivity index is 1.44. The van der Waals surface area contributed by atoms with E-state index < -0.39 is 0 Å². The van der Waals surface area contributed by atoms with Gasteiger partial charge in [0.15, 0.2) is 0 Å². The van der Waals surface area contributed by atoms with E-state index in [4.69, 9.17) is 0 Å². The van der Waals surface area contributed by atoms with Crippen molar-refractivity contribution in [2.24, 2.45) is 0 Å². The van der Waals surface area contributed by atoms with Crippen LogP contribution in [-0.4, -0.2) is 46.4 Å². The first-order valence-electron chi connectivity index (χ1n) is 9.64. The number of fused-ring (bicyclic) bond motifs is 1. The summed E-state index contributed by atoms with van der Waals surface area (Å²) in [6.45, 7) is 1.28. The Morgan fingerprint density at radius 3 is 2.79 bits per heavy atom. The van der Waals surface area contributed by atoms with E-state index in [2.05, 4.69) is 0 Å². The maximum absolute atomic E-state index is 13.4. The van der Waals surface area contributed by atoms with Crippen LogP contribution in [0, 0.1) is 5.82 Å². The van der Waals surface area contributed by atoms with E-state index in [1.807, 2.05) is 6.07 Å². The summed E-state index contributed by atoms with van der Waals surface area (Å²) in [5, 5.41) is 10.1. The summed E-state index contributed by atoms with van der Waals surface area (Å²) in [7, 11) is 0. The molecule has 2 aliphatic rings. The van der Waals surface area contributed by atoms with Crippen molar-refractivity contribution in [2.45, 2.75) is 31.7 Å². The van der Waals surface area contributed by atoms with E-state index in [9.17, 15) is 19.1 Å². The van der Waals surface area contributed by atoms with Gasteiger partial charge in [-0.3, -0.25) is 9.59 Å². The van der Waals surface area contributed by atoms with Crippen molar-refractivity contribution in [1.29, 1.82) is 0 Å². The lowest BCUT2D eigenvalue weighted by molar-refractivity contribution is -0.146. The number of hydrogen-bond donors (Lipinski definition) is 1. The highest BCUT2D eigenvalue weighted by atomic mass is 19.1. The number of hydrogen-bond acceptors (Lipinski definition) is 3. The van der Waals surface area contributed by atoms with E-state index in [-0.39, 0.29) is 35.8 Å². The molecule has 1 aliphatic heterocycles. The highest BCUT2D eigenvalue weighted by Crippen LogP contribution is 2.37. The first kappa shape index (κ1) is 18.5. The van der Waals surface area contributed by atoms with Crippen molar-refractivity contribution in [1.82, 2.24) is 9.80 Å². The van der Waals surface area contributed by atoms with Gasteiger partial charge in [-0.2, -0.15) is 0 Å². The Kier molecular flexibility index (Phi) is 5.03. The lowest BCUT2D eigenvalue weighted by atomic mass is 9.81. The summed E-state index contributed by atoms with van der Waals surface area (Å²) in [5.74, 6) is -0.566. The average Bonchev–Trinajstić information content (AvgIpc) is 2.69. The van der Waals surface area contributed by atoms with Crippen LogP contribution in [0.3, 0.4) is 0 Å². The molecule has 0 spiro atoms. The molecular formula is C22H23FN2O3. The van der Waals surface area contributed by atoms with Gasteiger partial charge in [0.25, 0.3) is 0 Å². The van der Waals surface area contributed by atoms with Gasteiger partial charge < -0.3 is 14.9 Å². The lowest BCUT2D eigenvalue weighted by Gasteiger charge is -2.37. The molecule has 1 fully saturated rings. The van der Waals surface area contributed by atoms with E-state index in [1.165, 1.54) is 12.1 Å². The first-order valence-corrected chi connectivity index (χ1v) is 9.64. The molecule has 0 bridgehead atoms. The lowest BCUT2D eigenvalue weighted by Crippen LogP contribution is -2.53. The fourth-order valence-electron chi connectivity index (χ4n) is 4.23. The molecule has 2 aromatic rings. The molecule has 4 rings (SSSR count). The van der Waals surface area contributed by atoms with Crippen LogP contribution in [0.2, 0.25) is 0 Å². The van der Waals surface area contributed by atoms with Crippen LogP contribution >= 0.6 is 0 Å². The number of phenols is 1. The third-order valence-electron chi connectivity index (χ3n) is 5.67. The number of carbonyl (C=O) groups is 2. The number of rotatable bonds is 3. The number of piperazine rings is 1. The third kappa shape index (κ3) is 3.59. The van der Waals surface area contributed by atoms with Crippen LogP contribution in [0.4, 0.5) is 4.39 Å². The van der Waals surface area contributed by atoms with E-state index in [0.29, 0.717) is 19.6 Å². The Morgan fingerprint density at radius 1 is 1.18 bits per heavy atom. The topological polar surface area (TPSA) is 60.9 Å². The first-order chi connectivity index (χ1) is 13.5. The number of amides is 2. The second-order valence-electron chi connectivity index (χ2n) is 7.49. The van der Waals surface area contributed by atoms with Gasteiger partial charge in [-0.1, -0.05) is 24.3 Å². The van der Waals surface area contributed by atoms with Gasteiger partial charge in [0.2, 0.25) is 11.8 Å². The van der Waals surface area contributed by atoms with Crippen LogP contribution < -0.4 is 0 Å². The summed E-state index contributed by atoms with van der Waals surface area (Å²) >= 11 is 0. The molecule has 1 unspecified atom stereocenters. The third-order valence-corrected chi connectivity index (χ3v) is 5.67. The molecule has 28 heavy (non-hydrogen) atoms. The zero-order chi connectivity index (χ0) is 19.7. The summed E-state index contributed by atoms with van der Waals surface area (Å²) in [4.78, 5) is 29.0. The van der Waals surface area contributed by atoms with Gasteiger partial charge in [0, 0.05) is 19.6 Å². The monoisotopic (exact) mass is 382 g/mol. The molecule has 1 saturated heterocycles. The summed E-state index contributed by atoms with van der Waals surface area (Å²) in [6.07, 6.45) is 2.34. The van der Waals surface area contributed by atoms with Crippen molar-refractivity contribution < 1.29 is 19.1 Å². The SMILES string of the molecule is O=C1CN(C(=O)C2CCCc3c(O)cccc32)CCN1Cc1cccc(F)c1. The number of aromatic hydroxyl groups is 1. The molecule has 6 heteroatoms. The van der Waals surface area contributed by atoms with Crippen LogP contribution in [0.15, 0.2) is 42.5 Å².